The first-order valence-corrected chi connectivity index (χ1v) is 3.78. The summed E-state index contributed by atoms with van der Waals surface area (Å²) in [5, 5.41) is 12.3. The van der Waals surface area contributed by atoms with E-state index < -0.39 is 0 Å². The quantitative estimate of drug-likeness (QED) is 0.563. The molecule has 60 valence electrons. The van der Waals surface area contributed by atoms with Crippen LogP contribution >= 0.6 is 0 Å². The molecule has 2 unspecified atom stereocenters. The van der Waals surface area contributed by atoms with E-state index in [0.717, 1.165) is 26.2 Å². The summed E-state index contributed by atoms with van der Waals surface area (Å²) in [4.78, 5) is 0. The molecule has 2 atom stereocenters. The maximum atomic E-state index is 9.01. The molecule has 0 aromatic carbocycles. The van der Waals surface area contributed by atoms with Crippen LogP contribution in [0.1, 0.15) is 13.3 Å². The minimum absolute atomic E-state index is 0.223. The van der Waals surface area contributed by atoms with Crippen molar-refractivity contribution in [1.82, 2.24) is 5.32 Å². The monoisotopic (exact) mass is 145 g/mol. The SMILES string of the molecule is CC(O)CC1COCCN1. The highest BCUT2D eigenvalue weighted by atomic mass is 16.5. The predicted octanol–water partition coefficient (Wildman–Crippen LogP) is -0.254. The van der Waals surface area contributed by atoms with Crippen molar-refractivity contribution in [3.05, 3.63) is 0 Å². The van der Waals surface area contributed by atoms with Crippen LogP contribution in [0.15, 0.2) is 0 Å². The number of hydrogen-bond donors (Lipinski definition) is 2. The number of morpholine rings is 1. The Morgan fingerprint density at radius 1 is 1.80 bits per heavy atom. The largest absolute Gasteiger partial charge is 0.393 e. The molecule has 3 nitrogen and oxygen atoms in total. The summed E-state index contributed by atoms with van der Waals surface area (Å²) in [5.41, 5.74) is 0. The minimum Gasteiger partial charge on any atom is -0.393 e. The molecule has 0 radical (unpaired) electrons. The number of rotatable bonds is 2. The van der Waals surface area contributed by atoms with Crippen molar-refractivity contribution >= 4 is 0 Å². The molecule has 10 heavy (non-hydrogen) atoms. The van der Waals surface area contributed by atoms with Gasteiger partial charge in [0.05, 0.1) is 19.3 Å². The molecule has 0 saturated carbocycles. The van der Waals surface area contributed by atoms with Gasteiger partial charge in [-0.25, -0.2) is 0 Å². The van der Waals surface area contributed by atoms with E-state index in [2.05, 4.69) is 5.32 Å². The summed E-state index contributed by atoms with van der Waals surface area (Å²) >= 11 is 0. The molecule has 0 aromatic rings. The second-order valence-corrected chi connectivity index (χ2v) is 2.81. The van der Waals surface area contributed by atoms with Crippen LogP contribution in [0.2, 0.25) is 0 Å². The first kappa shape index (κ1) is 7.98. The first-order chi connectivity index (χ1) is 4.79. The normalized spacial score (nSPS) is 30.0. The highest BCUT2D eigenvalue weighted by molar-refractivity contribution is 4.71. The van der Waals surface area contributed by atoms with Crippen molar-refractivity contribution in [3.63, 3.8) is 0 Å². The van der Waals surface area contributed by atoms with E-state index in [9.17, 15) is 0 Å². The molecule has 0 bridgehead atoms. The molecule has 2 N–H and O–H groups in total. The first-order valence-electron chi connectivity index (χ1n) is 3.78. The molecule has 0 amide bonds. The van der Waals surface area contributed by atoms with Crippen molar-refractivity contribution < 1.29 is 9.84 Å². The Morgan fingerprint density at radius 2 is 2.60 bits per heavy atom. The van der Waals surface area contributed by atoms with E-state index in [1.165, 1.54) is 0 Å². The van der Waals surface area contributed by atoms with Crippen LogP contribution < -0.4 is 5.32 Å². The summed E-state index contributed by atoms with van der Waals surface area (Å²) in [6.45, 7) is 4.26. The van der Waals surface area contributed by atoms with Gasteiger partial charge in [-0.2, -0.15) is 0 Å². The van der Waals surface area contributed by atoms with Crippen molar-refractivity contribution in [1.29, 1.82) is 0 Å². The molecule has 3 heteroatoms. The molecule has 1 fully saturated rings. The number of nitrogens with one attached hydrogen (secondary N) is 1. The Labute approximate surface area is 61.4 Å². The van der Waals surface area contributed by atoms with Gasteiger partial charge in [0.25, 0.3) is 0 Å². The number of ether oxygens (including phenoxy) is 1. The third kappa shape index (κ3) is 2.64. The Morgan fingerprint density at radius 3 is 3.10 bits per heavy atom. The molecule has 0 aliphatic carbocycles. The highest BCUT2D eigenvalue weighted by Crippen LogP contribution is 2.01. The van der Waals surface area contributed by atoms with E-state index in [1.54, 1.807) is 6.92 Å². The predicted molar refractivity (Wildman–Crippen MR) is 38.9 cm³/mol. The highest BCUT2D eigenvalue weighted by Gasteiger charge is 2.14. The fourth-order valence-electron chi connectivity index (χ4n) is 1.18. The van der Waals surface area contributed by atoms with Crippen molar-refractivity contribution in [2.75, 3.05) is 19.8 Å². The van der Waals surface area contributed by atoms with E-state index in [4.69, 9.17) is 9.84 Å². The molecule has 1 saturated heterocycles. The Kier molecular flexibility index (Phi) is 3.12. The van der Waals surface area contributed by atoms with Crippen molar-refractivity contribution in [2.24, 2.45) is 0 Å². The fraction of sp³-hybridized carbons (Fsp3) is 1.00. The molecule has 0 spiro atoms. The van der Waals surface area contributed by atoms with Crippen molar-refractivity contribution in [2.45, 2.75) is 25.5 Å². The second kappa shape index (κ2) is 3.91. The Bertz CT molecular complexity index is 89.6. The summed E-state index contributed by atoms with van der Waals surface area (Å²) in [5.74, 6) is 0. The van der Waals surface area contributed by atoms with E-state index in [0.29, 0.717) is 6.04 Å². The average molecular weight is 145 g/mol. The lowest BCUT2D eigenvalue weighted by molar-refractivity contribution is 0.0557. The van der Waals surface area contributed by atoms with Crippen LogP contribution in [0.4, 0.5) is 0 Å². The minimum atomic E-state index is -0.223. The average Bonchev–Trinajstić information content (AvgIpc) is 1.88. The summed E-state index contributed by atoms with van der Waals surface area (Å²) in [6.07, 6.45) is 0.569. The molecular formula is C7H15NO2. The third-order valence-corrected chi connectivity index (χ3v) is 1.62. The number of hydrogen-bond acceptors (Lipinski definition) is 3. The third-order valence-electron chi connectivity index (χ3n) is 1.62. The van der Waals surface area contributed by atoms with Gasteiger partial charge in [0, 0.05) is 12.6 Å². The molecule has 1 aliphatic heterocycles. The van der Waals surface area contributed by atoms with Crippen LogP contribution in [0.25, 0.3) is 0 Å². The van der Waals surface area contributed by atoms with Crippen LogP contribution in [-0.4, -0.2) is 37.0 Å². The van der Waals surface area contributed by atoms with Gasteiger partial charge < -0.3 is 15.2 Å². The molecular weight excluding hydrogens is 130 g/mol. The summed E-state index contributed by atoms with van der Waals surface area (Å²) in [6, 6.07) is 0.355. The summed E-state index contributed by atoms with van der Waals surface area (Å²) in [7, 11) is 0. The Balaban J connectivity index is 2.13. The lowest BCUT2D eigenvalue weighted by atomic mass is 10.1. The van der Waals surface area contributed by atoms with Crippen LogP contribution in [0.3, 0.4) is 0 Å². The van der Waals surface area contributed by atoms with E-state index in [1.807, 2.05) is 0 Å². The number of aliphatic hydroxyl groups excluding tert-OH is 1. The fourth-order valence-corrected chi connectivity index (χ4v) is 1.18. The zero-order chi connectivity index (χ0) is 7.40. The van der Waals surface area contributed by atoms with Crippen LogP contribution in [-0.2, 0) is 4.74 Å². The van der Waals surface area contributed by atoms with Gasteiger partial charge in [0.2, 0.25) is 0 Å². The molecule has 0 aromatic heterocycles. The smallest absolute Gasteiger partial charge is 0.0621 e. The second-order valence-electron chi connectivity index (χ2n) is 2.81. The lowest BCUT2D eigenvalue weighted by Gasteiger charge is -2.24. The van der Waals surface area contributed by atoms with Gasteiger partial charge in [-0.05, 0) is 13.3 Å². The van der Waals surface area contributed by atoms with Crippen molar-refractivity contribution in [3.8, 4) is 0 Å². The Hall–Kier alpha value is -0.120. The van der Waals surface area contributed by atoms with E-state index >= 15 is 0 Å². The van der Waals surface area contributed by atoms with Gasteiger partial charge in [-0.1, -0.05) is 0 Å². The maximum absolute atomic E-state index is 9.01. The van der Waals surface area contributed by atoms with Gasteiger partial charge in [-0.15, -0.1) is 0 Å². The zero-order valence-electron chi connectivity index (χ0n) is 6.34. The molecule has 1 rings (SSSR count). The van der Waals surface area contributed by atoms with Gasteiger partial charge in [0.15, 0.2) is 0 Å². The van der Waals surface area contributed by atoms with Gasteiger partial charge in [-0.3, -0.25) is 0 Å². The topological polar surface area (TPSA) is 41.5 Å². The van der Waals surface area contributed by atoms with Crippen LogP contribution in [0.5, 0.6) is 0 Å². The van der Waals surface area contributed by atoms with Gasteiger partial charge in [0.1, 0.15) is 0 Å². The van der Waals surface area contributed by atoms with Crippen LogP contribution in [0, 0.1) is 0 Å². The van der Waals surface area contributed by atoms with E-state index in [-0.39, 0.29) is 6.10 Å². The standard InChI is InChI=1S/C7H15NO2/c1-6(9)4-7-5-10-3-2-8-7/h6-9H,2-5H2,1H3. The number of aliphatic hydroxyl groups is 1. The lowest BCUT2D eigenvalue weighted by Crippen LogP contribution is -2.42. The summed E-state index contributed by atoms with van der Waals surface area (Å²) < 4.78 is 5.21. The zero-order valence-corrected chi connectivity index (χ0v) is 6.34. The molecule has 1 aliphatic rings. The van der Waals surface area contributed by atoms with Gasteiger partial charge >= 0.3 is 0 Å². The maximum Gasteiger partial charge on any atom is 0.0621 e. The molecule has 1 heterocycles.